The van der Waals surface area contributed by atoms with Crippen molar-refractivity contribution in [3.63, 3.8) is 0 Å². The van der Waals surface area contributed by atoms with Crippen LogP contribution in [0.25, 0.3) is 0 Å². The number of nitrogens with one attached hydrogen (secondary N) is 2. The number of hydroxylamine groups is 2. The number of nitrogens with zero attached hydrogens (tertiary/aromatic N) is 5. The summed E-state index contributed by atoms with van der Waals surface area (Å²) < 4.78 is 15.2. The normalized spacial score (nSPS) is 19.1. The molecule has 2 fully saturated rings. The highest BCUT2D eigenvalue weighted by molar-refractivity contribution is 6.28. The minimum absolute atomic E-state index is 0.108. The summed E-state index contributed by atoms with van der Waals surface area (Å²) >= 11 is 5.98. The predicted octanol–water partition coefficient (Wildman–Crippen LogP) is 1.94. The molecule has 1 aromatic heterocycles. The van der Waals surface area contributed by atoms with Crippen LogP contribution in [0.1, 0.15) is 38.5 Å². The molecule has 188 valence electrons. The van der Waals surface area contributed by atoms with Crippen LogP contribution in [0.3, 0.4) is 0 Å². The van der Waals surface area contributed by atoms with Gasteiger partial charge in [-0.2, -0.15) is 14.4 Å². The fourth-order valence-corrected chi connectivity index (χ4v) is 4.68. The van der Waals surface area contributed by atoms with Gasteiger partial charge in [0.15, 0.2) is 11.6 Å². The number of carboxylic acid groups (broad SMARTS) is 1. The summed E-state index contributed by atoms with van der Waals surface area (Å²) in [6.07, 6.45) is 4.18. The van der Waals surface area contributed by atoms with Crippen LogP contribution >= 0.6 is 11.6 Å². The maximum absolute atomic E-state index is 15.2. The number of aromatic nitrogens is 2. The molecule has 2 aliphatic rings. The lowest BCUT2D eigenvalue weighted by Crippen LogP contribution is -2.41. The highest BCUT2D eigenvalue weighted by Crippen LogP contribution is 2.31. The number of anilines is 2. The number of hydrazine groups is 1. The molecule has 1 saturated heterocycles. The summed E-state index contributed by atoms with van der Waals surface area (Å²) in [4.78, 5) is 45.3. The van der Waals surface area contributed by atoms with E-state index in [9.17, 15) is 19.6 Å². The van der Waals surface area contributed by atoms with Gasteiger partial charge in [-0.1, -0.05) is 25.7 Å². The molecule has 12 nitrogen and oxygen atoms in total. The average molecular weight is 502 g/mol. The first-order chi connectivity index (χ1) is 16.2. The Morgan fingerprint density at radius 3 is 2.68 bits per heavy atom. The molecule has 1 aromatic rings. The van der Waals surface area contributed by atoms with Crippen LogP contribution in [-0.2, 0) is 9.59 Å². The Bertz CT molecular complexity index is 904. The van der Waals surface area contributed by atoms with E-state index in [1.807, 2.05) is 0 Å². The molecule has 0 radical (unpaired) electrons. The van der Waals surface area contributed by atoms with Gasteiger partial charge in [0.05, 0.1) is 18.5 Å². The molecular formula is C20H29ClFN7O5. The van der Waals surface area contributed by atoms with Crippen LogP contribution in [-0.4, -0.2) is 81.4 Å². The lowest BCUT2D eigenvalue weighted by atomic mass is 9.92. The lowest BCUT2D eigenvalue weighted by molar-refractivity contribution is -0.154. The Balaban J connectivity index is 1.68. The number of halogens is 2. The topological polar surface area (TPSA) is 151 Å². The van der Waals surface area contributed by atoms with E-state index in [1.54, 1.807) is 4.90 Å². The van der Waals surface area contributed by atoms with Gasteiger partial charge in [0, 0.05) is 20.1 Å². The summed E-state index contributed by atoms with van der Waals surface area (Å²) in [5.74, 6) is -2.26. The molecule has 3 rings (SSSR count). The van der Waals surface area contributed by atoms with E-state index in [0.29, 0.717) is 30.4 Å². The van der Waals surface area contributed by atoms with Crippen molar-refractivity contribution < 1.29 is 29.1 Å². The fraction of sp³-hybridized carbons (Fsp3) is 0.650. The maximum Gasteiger partial charge on any atom is 0.407 e. The van der Waals surface area contributed by atoms with E-state index in [2.05, 4.69) is 20.8 Å². The van der Waals surface area contributed by atoms with Crippen LogP contribution in [0.4, 0.5) is 20.8 Å². The molecule has 2 atom stereocenters. The van der Waals surface area contributed by atoms with Crippen molar-refractivity contribution in [1.29, 1.82) is 0 Å². The Morgan fingerprint density at radius 1 is 1.32 bits per heavy atom. The van der Waals surface area contributed by atoms with Crippen LogP contribution in [0.2, 0.25) is 5.28 Å². The van der Waals surface area contributed by atoms with Crippen molar-refractivity contribution in [1.82, 2.24) is 25.4 Å². The number of hydrogen-bond donors (Lipinski definition) is 4. The third-order valence-electron chi connectivity index (χ3n) is 6.42. The van der Waals surface area contributed by atoms with Gasteiger partial charge >= 0.3 is 6.09 Å². The average Bonchev–Trinajstić information content (AvgIpc) is 3.50. The molecular weight excluding hydrogens is 473 g/mol. The number of likely N-dealkylation sites (N-methyl/N-ethyl adjacent to an activating group) is 1. The van der Waals surface area contributed by atoms with Gasteiger partial charge in [-0.25, -0.2) is 9.86 Å². The number of hydrogen-bond acceptors (Lipinski definition) is 8. The van der Waals surface area contributed by atoms with Crippen LogP contribution in [0.15, 0.2) is 0 Å². The second-order valence-electron chi connectivity index (χ2n) is 8.69. The molecule has 1 saturated carbocycles. The minimum Gasteiger partial charge on any atom is -0.465 e. The zero-order chi connectivity index (χ0) is 24.8. The van der Waals surface area contributed by atoms with Crippen molar-refractivity contribution in [3.8, 4) is 0 Å². The molecule has 0 bridgehead atoms. The fourth-order valence-electron chi connectivity index (χ4n) is 4.51. The van der Waals surface area contributed by atoms with Crippen molar-refractivity contribution in [2.45, 2.75) is 44.6 Å². The Kier molecular flexibility index (Phi) is 8.67. The molecule has 4 N–H and O–H groups in total. The van der Waals surface area contributed by atoms with Gasteiger partial charge in [0.2, 0.25) is 23.4 Å². The quantitative estimate of drug-likeness (QED) is 0.163. The first-order valence-electron chi connectivity index (χ1n) is 11.1. The largest absolute Gasteiger partial charge is 0.465 e. The third kappa shape index (κ3) is 6.35. The molecule has 2 heterocycles. The van der Waals surface area contributed by atoms with Gasteiger partial charge in [0.25, 0.3) is 0 Å². The van der Waals surface area contributed by atoms with E-state index >= 15 is 4.39 Å². The monoisotopic (exact) mass is 501 g/mol. The SMILES string of the molecule is CN(C(=O)O)[C@H]1CCN(c2nc(Cl)nc(NNC(=O)[C@H](CC3CCCC3)CN(O)C=O)c2F)C1. The summed E-state index contributed by atoms with van der Waals surface area (Å²) in [6, 6.07) is -0.336. The van der Waals surface area contributed by atoms with Crippen molar-refractivity contribution in [3.05, 3.63) is 11.1 Å². The van der Waals surface area contributed by atoms with E-state index in [1.165, 1.54) is 7.05 Å². The number of rotatable bonds is 10. The Morgan fingerprint density at radius 2 is 2.03 bits per heavy atom. The van der Waals surface area contributed by atoms with Gasteiger partial charge in [0.1, 0.15) is 0 Å². The molecule has 1 aliphatic heterocycles. The standard InChI is InChI=1S/C20H29ClFN7O5/c1-27(20(32)33)14-6-7-28(10-14)17-15(22)16(23-19(21)24-17)25-26-18(31)13(9-29(34)11-30)8-12-4-2-3-5-12/h11-14,34H,2-10H2,1H3,(H,26,31)(H,32,33)(H,23,24,25)/t13-,14+/m1/s1. The van der Waals surface area contributed by atoms with Crippen LogP contribution in [0.5, 0.6) is 0 Å². The predicted molar refractivity (Wildman–Crippen MR) is 120 cm³/mol. The second kappa shape index (κ2) is 11.5. The molecule has 0 spiro atoms. The van der Waals surface area contributed by atoms with Gasteiger partial charge in [-0.3, -0.25) is 25.6 Å². The van der Waals surface area contributed by atoms with E-state index in [0.717, 1.165) is 30.6 Å². The number of carbonyl (C=O) groups is 3. The molecule has 1 aliphatic carbocycles. The zero-order valence-electron chi connectivity index (χ0n) is 18.8. The van der Waals surface area contributed by atoms with E-state index in [4.69, 9.17) is 16.7 Å². The number of amides is 3. The van der Waals surface area contributed by atoms with Crippen molar-refractivity contribution in [2.75, 3.05) is 37.0 Å². The summed E-state index contributed by atoms with van der Waals surface area (Å²) in [5.41, 5.74) is 4.83. The first-order valence-corrected chi connectivity index (χ1v) is 11.5. The van der Waals surface area contributed by atoms with Crippen molar-refractivity contribution >= 4 is 41.6 Å². The lowest BCUT2D eigenvalue weighted by Gasteiger charge is -2.24. The summed E-state index contributed by atoms with van der Waals surface area (Å²) in [6.45, 7) is 0.387. The minimum atomic E-state index is -1.08. The number of carbonyl (C=O) groups excluding carboxylic acids is 2. The highest BCUT2D eigenvalue weighted by atomic mass is 35.5. The zero-order valence-corrected chi connectivity index (χ0v) is 19.5. The summed E-state index contributed by atoms with van der Waals surface area (Å²) in [5, 5.41) is 18.9. The maximum atomic E-state index is 15.2. The van der Waals surface area contributed by atoms with Gasteiger partial charge in [-0.05, 0) is 30.4 Å². The van der Waals surface area contributed by atoms with Gasteiger partial charge in [-0.15, -0.1) is 0 Å². The third-order valence-corrected chi connectivity index (χ3v) is 6.58. The van der Waals surface area contributed by atoms with Crippen LogP contribution < -0.4 is 15.8 Å². The molecule has 0 aromatic carbocycles. The summed E-state index contributed by atoms with van der Waals surface area (Å²) in [7, 11) is 1.45. The second-order valence-corrected chi connectivity index (χ2v) is 9.02. The van der Waals surface area contributed by atoms with E-state index in [-0.39, 0.29) is 42.5 Å². The van der Waals surface area contributed by atoms with E-state index < -0.39 is 23.7 Å². The molecule has 14 heteroatoms. The molecule has 3 amide bonds. The van der Waals surface area contributed by atoms with Gasteiger partial charge < -0.3 is 14.9 Å². The molecule has 34 heavy (non-hydrogen) atoms. The highest BCUT2D eigenvalue weighted by Gasteiger charge is 2.32. The van der Waals surface area contributed by atoms with Crippen LogP contribution in [0, 0.1) is 17.7 Å². The molecule has 0 unspecified atom stereocenters. The first kappa shape index (κ1) is 25.7. The van der Waals surface area contributed by atoms with Crippen molar-refractivity contribution in [2.24, 2.45) is 11.8 Å². The smallest absolute Gasteiger partial charge is 0.407 e. The Labute approximate surface area is 201 Å². The Hall–Kier alpha value is -2.93.